The Morgan fingerprint density at radius 2 is 0.480 bits per heavy atom. The first-order valence-corrected chi connectivity index (χ1v) is 45.2. The molecule has 3 N–H and O–H groups in total. The van der Waals surface area contributed by atoms with E-state index in [1.54, 1.807) is 0 Å². The molecule has 100 heavy (non-hydrogen) atoms. The molecule has 0 aromatic carbocycles. The van der Waals surface area contributed by atoms with Crippen LogP contribution in [-0.2, 0) is 65.4 Å². The Balaban J connectivity index is 5.25. The van der Waals surface area contributed by atoms with Crippen LogP contribution in [0.4, 0.5) is 0 Å². The average Bonchev–Trinajstić information content (AvgIpc) is 1.16. The lowest BCUT2D eigenvalue weighted by atomic mass is 9.99. The Morgan fingerprint density at radius 3 is 0.710 bits per heavy atom. The normalized spacial score (nSPS) is 14.1. The second-order valence-electron chi connectivity index (χ2n) is 29.4. The molecule has 19 heteroatoms. The fraction of sp³-hybridized carbons (Fsp3) is 0.951. The summed E-state index contributed by atoms with van der Waals surface area (Å²) in [6, 6.07) is 0. The fourth-order valence-corrected chi connectivity index (χ4v) is 14.1. The maximum Gasteiger partial charge on any atom is 0.472 e. The van der Waals surface area contributed by atoms with Crippen LogP contribution in [-0.4, -0.2) is 96.7 Å². The van der Waals surface area contributed by atoms with Gasteiger partial charge in [-0.25, -0.2) is 9.13 Å². The standard InChI is InChI=1S/C81H158O17P2/c1-6-10-13-16-19-22-25-27-29-31-35-40-45-50-55-60-65-79(84)92-71-77(98-81(86)67-62-57-52-47-42-37-33-32-34-39-43-48-53-58-63-74(5)9-4)73-96-100(89,90)94-69-75(82)68-93-99(87,88)95-72-76(70-91-78(83)64-59-54-49-44-38-24-21-18-15-12-8-3)97-80(85)66-61-56-51-46-41-36-30-28-26-23-20-17-14-11-7-2/h74-77,82H,6-73H2,1-5H3,(H,87,88)(H,89,90)/t74?,75-,76+,77+/m0/s1. The SMILES string of the molecule is CCCCCCCCCCCCCCCCCCC(=O)OC[C@H](COP(=O)(O)OC[C@@H](O)COP(=O)(O)OC[C@@H](COC(=O)CCCCCCCCCCCCC)OC(=O)CCCCCCCCCCCCCCCCC)OC(=O)CCCCCCCCCCCCCCCCC(C)CC. The average molecular weight is 1470 g/mol. The minimum absolute atomic E-state index is 0.109. The van der Waals surface area contributed by atoms with Crippen molar-refractivity contribution in [2.24, 2.45) is 5.92 Å². The molecule has 0 radical (unpaired) electrons. The van der Waals surface area contributed by atoms with Crippen molar-refractivity contribution in [3.63, 3.8) is 0 Å². The minimum atomic E-state index is -4.96. The molecule has 6 atom stereocenters. The number of unbranched alkanes of at least 4 members (excludes halogenated alkanes) is 52. The molecule has 594 valence electrons. The fourth-order valence-electron chi connectivity index (χ4n) is 12.6. The van der Waals surface area contributed by atoms with Crippen LogP contribution < -0.4 is 0 Å². The van der Waals surface area contributed by atoms with Crippen LogP contribution in [0.2, 0.25) is 0 Å². The van der Waals surface area contributed by atoms with Gasteiger partial charge in [0, 0.05) is 25.7 Å². The highest BCUT2D eigenvalue weighted by Gasteiger charge is 2.30. The summed E-state index contributed by atoms with van der Waals surface area (Å²) >= 11 is 0. The molecule has 0 aliphatic heterocycles. The third kappa shape index (κ3) is 73.0. The molecule has 17 nitrogen and oxygen atoms in total. The summed E-state index contributed by atoms with van der Waals surface area (Å²) in [6.07, 6.45) is 64.9. The quantitative estimate of drug-likeness (QED) is 0.0222. The third-order valence-corrected chi connectivity index (χ3v) is 21.3. The van der Waals surface area contributed by atoms with E-state index in [9.17, 15) is 43.2 Å². The Morgan fingerprint density at radius 1 is 0.280 bits per heavy atom. The molecular formula is C81H158O17P2. The van der Waals surface area contributed by atoms with Crippen molar-refractivity contribution in [3.8, 4) is 0 Å². The number of aliphatic hydroxyl groups excluding tert-OH is 1. The van der Waals surface area contributed by atoms with Crippen LogP contribution in [0.3, 0.4) is 0 Å². The number of esters is 4. The van der Waals surface area contributed by atoms with Gasteiger partial charge in [-0.2, -0.15) is 0 Å². The number of aliphatic hydroxyl groups is 1. The monoisotopic (exact) mass is 1470 g/mol. The molecule has 0 aliphatic rings. The lowest BCUT2D eigenvalue weighted by Crippen LogP contribution is -2.30. The first-order chi connectivity index (χ1) is 48.6. The molecule has 0 spiro atoms. The minimum Gasteiger partial charge on any atom is -0.462 e. The molecule has 0 bridgehead atoms. The molecule has 0 aromatic heterocycles. The summed E-state index contributed by atoms with van der Waals surface area (Å²) in [5, 5.41) is 10.6. The van der Waals surface area contributed by atoms with Crippen molar-refractivity contribution in [2.75, 3.05) is 39.6 Å². The number of ether oxygens (including phenoxy) is 4. The maximum atomic E-state index is 13.1. The molecule has 0 saturated heterocycles. The van der Waals surface area contributed by atoms with E-state index in [0.29, 0.717) is 25.7 Å². The van der Waals surface area contributed by atoms with E-state index in [0.717, 1.165) is 95.8 Å². The Kier molecular flexibility index (Phi) is 72.5. The van der Waals surface area contributed by atoms with E-state index < -0.39 is 97.5 Å². The van der Waals surface area contributed by atoms with Gasteiger partial charge in [-0.1, -0.05) is 381 Å². The number of rotatable bonds is 81. The van der Waals surface area contributed by atoms with Crippen LogP contribution in [0.1, 0.15) is 433 Å². The molecule has 0 aromatic rings. The topological polar surface area (TPSA) is 237 Å². The predicted octanol–water partition coefficient (Wildman–Crippen LogP) is 24.4. The molecular weight excluding hydrogens is 1310 g/mol. The van der Waals surface area contributed by atoms with Crippen LogP contribution in [0, 0.1) is 5.92 Å². The highest BCUT2D eigenvalue weighted by Crippen LogP contribution is 2.45. The second-order valence-corrected chi connectivity index (χ2v) is 32.3. The maximum absolute atomic E-state index is 13.1. The lowest BCUT2D eigenvalue weighted by Gasteiger charge is -2.21. The van der Waals surface area contributed by atoms with E-state index in [2.05, 4.69) is 34.6 Å². The van der Waals surface area contributed by atoms with Gasteiger partial charge in [-0.3, -0.25) is 37.3 Å². The van der Waals surface area contributed by atoms with Crippen molar-refractivity contribution in [1.82, 2.24) is 0 Å². The van der Waals surface area contributed by atoms with Gasteiger partial charge in [0.15, 0.2) is 12.2 Å². The Bertz CT molecular complexity index is 1910. The van der Waals surface area contributed by atoms with Gasteiger partial charge in [0.1, 0.15) is 19.3 Å². The van der Waals surface area contributed by atoms with E-state index >= 15 is 0 Å². The van der Waals surface area contributed by atoms with Crippen molar-refractivity contribution in [2.45, 2.75) is 451 Å². The molecule has 3 unspecified atom stereocenters. The Hall–Kier alpha value is -1.94. The Labute approximate surface area is 613 Å². The van der Waals surface area contributed by atoms with Crippen LogP contribution in [0.5, 0.6) is 0 Å². The van der Waals surface area contributed by atoms with Gasteiger partial charge < -0.3 is 33.8 Å². The second kappa shape index (κ2) is 73.9. The predicted molar refractivity (Wildman–Crippen MR) is 409 cm³/mol. The summed E-state index contributed by atoms with van der Waals surface area (Å²) in [5.41, 5.74) is 0. The largest absolute Gasteiger partial charge is 0.472 e. The van der Waals surface area contributed by atoms with Crippen LogP contribution >= 0.6 is 15.6 Å². The van der Waals surface area contributed by atoms with Crippen molar-refractivity contribution in [3.05, 3.63) is 0 Å². The zero-order valence-electron chi connectivity index (χ0n) is 65.3. The number of hydrogen-bond donors (Lipinski definition) is 3. The number of carbonyl (C=O) groups is 4. The van der Waals surface area contributed by atoms with Gasteiger partial charge in [-0.05, 0) is 31.6 Å². The van der Waals surface area contributed by atoms with Crippen LogP contribution in [0.25, 0.3) is 0 Å². The summed E-state index contributed by atoms with van der Waals surface area (Å²) in [4.78, 5) is 73.1. The summed E-state index contributed by atoms with van der Waals surface area (Å²) in [6.45, 7) is 7.39. The van der Waals surface area contributed by atoms with Gasteiger partial charge in [0.2, 0.25) is 0 Å². The smallest absolute Gasteiger partial charge is 0.462 e. The zero-order valence-corrected chi connectivity index (χ0v) is 67.1. The van der Waals surface area contributed by atoms with Gasteiger partial charge in [-0.15, -0.1) is 0 Å². The van der Waals surface area contributed by atoms with E-state index in [4.69, 9.17) is 37.0 Å². The third-order valence-electron chi connectivity index (χ3n) is 19.4. The van der Waals surface area contributed by atoms with Gasteiger partial charge in [0.25, 0.3) is 0 Å². The molecule has 0 saturated carbocycles. The van der Waals surface area contributed by atoms with Crippen molar-refractivity contribution < 1.29 is 80.2 Å². The van der Waals surface area contributed by atoms with E-state index in [-0.39, 0.29) is 25.7 Å². The summed E-state index contributed by atoms with van der Waals surface area (Å²) < 4.78 is 68.8. The molecule has 0 amide bonds. The number of phosphoric ester groups is 2. The summed E-state index contributed by atoms with van der Waals surface area (Å²) in [5.74, 6) is -1.26. The number of phosphoric acid groups is 2. The van der Waals surface area contributed by atoms with Crippen molar-refractivity contribution in [1.29, 1.82) is 0 Å². The molecule has 0 fully saturated rings. The highest BCUT2D eigenvalue weighted by molar-refractivity contribution is 7.47. The lowest BCUT2D eigenvalue weighted by molar-refractivity contribution is -0.161. The van der Waals surface area contributed by atoms with Crippen LogP contribution in [0.15, 0.2) is 0 Å². The van der Waals surface area contributed by atoms with Crippen molar-refractivity contribution >= 4 is 39.5 Å². The molecule has 0 aliphatic carbocycles. The zero-order chi connectivity index (χ0) is 73.4. The van der Waals surface area contributed by atoms with E-state index in [1.807, 2.05) is 0 Å². The number of carbonyl (C=O) groups excluding carboxylic acids is 4. The number of hydrogen-bond acceptors (Lipinski definition) is 15. The molecule has 0 heterocycles. The molecule has 0 rings (SSSR count). The highest BCUT2D eigenvalue weighted by atomic mass is 31.2. The van der Waals surface area contributed by atoms with E-state index in [1.165, 1.54) is 257 Å². The van der Waals surface area contributed by atoms with Gasteiger partial charge >= 0.3 is 39.5 Å². The summed E-state index contributed by atoms with van der Waals surface area (Å²) in [7, 11) is -9.92. The van der Waals surface area contributed by atoms with Gasteiger partial charge in [0.05, 0.1) is 26.4 Å². The first kappa shape index (κ1) is 98.1. The first-order valence-electron chi connectivity index (χ1n) is 42.2.